The first-order chi connectivity index (χ1) is 6.59. The van der Waals surface area contributed by atoms with Crippen molar-refractivity contribution in [3.05, 3.63) is 35.4 Å². The molecule has 1 aromatic carbocycles. The molecular weight excluding hydrogens is 186 g/mol. The average Bonchev–Trinajstić information content (AvgIpc) is 2.15. The quantitative estimate of drug-likeness (QED) is 0.753. The summed E-state index contributed by atoms with van der Waals surface area (Å²) in [4.78, 5) is 21.6. The molecule has 0 fully saturated rings. The van der Waals surface area contributed by atoms with Crippen LogP contribution >= 0.6 is 0 Å². The van der Waals surface area contributed by atoms with Crippen molar-refractivity contribution >= 4 is 11.8 Å². The zero-order valence-electron chi connectivity index (χ0n) is 7.99. The zero-order valence-corrected chi connectivity index (χ0v) is 7.99. The van der Waals surface area contributed by atoms with E-state index in [1.165, 1.54) is 0 Å². The van der Waals surface area contributed by atoms with E-state index < -0.39 is 5.97 Å². The highest BCUT2D eigenvalue weighted by molar-refractivity contribution is 5.97. The molecule has 1 N–H and O–H groups in total. The van der Waals surface area contributed by atoms with E-state index in [1.54, 1.807) is 12.1 Å². The molecule has 0 heterocycles. The molecule has 0 aliphatic carbocycles. The van der Waals surface area contributed by atoms with Gasteiger partial charge >= 0.3 is 5.97 Å². The number of benzene rings is 1. The molecule has 0 bridgehead atoms. The van der Waals surface area contributed by atoms with Gasteiger partial charge in [0.15, 0.2) is 5.78 Å². The highest BCUT2D eigenvalue weighted by Gasteiger charge is 2.07. The van der Waals surface area contributed by atoms with Crippen molar-refractivity contribution in [1.29, 1.82) is 0 Å². The number of carboxylic acids is 1. The van der Waals surface area contributed by atoms with Crippen LogP contribution in [0, 0.1) is 6.92 Å². The standard InChI is InChI=1S/C11H12O3/c1-8-2-4-9(5-3-8)10(12)6-7-11(13)14/h2-5H,6-7H2,1H3,(H,13,14)/i2+1,3+1,4+1,5+1,8+1,9+1. The fourth-order valence-electron chi connectivity index (χ4n) is 1.10. The molecule has 74 valence electrons. The third kappa shape index (κ3) is 3.01. The number of aliphatic carboxylic acids is 1. The lowest BCUT2D eigenvalue weighted by atomic mass is 10.3. The second kappa shape index (κ2) is 4.56. The van der Waals surface area contributed by atoms with E-state index in [1.807, 2.05) is 19.1 Å². The molecule has 3 nitrogen and oxygen atoms in total. The fourth-order valence-corrected chi connectivity index (χ4v) is 1.10. The Morgan fingerprint density at radius 3 is 2.21 bits per heavy atom. The number of hydrogen-bond donors (Lipinski definition) is 1. The molecule has 1 rings (SSSR count). The van der Waals surface area contributed by atoms with Gasteiger partial charge < -0.3 is 5.11 Å². The predicted molar refractivity (Wildman–Crippen MR) is 52.4 cm³/mol. The Kier molecular flexibility index (Phi) is 3.40. The van der Waals surface area contributed by atoms with Gasteiger partial charge in [0.1, 0.15) is 0 Å². The Morgan fingerprint density at radius 1 is 1.14 bits per heavy atom. The average molecular weight is 198 g/mol. The van der Waals surface area contributed by atoms with Crippen LogP contribution in [-0.2, 0) is 4.79 Å². The van der Waals surface area contributed by atoms with Gasteiger partial charge in [0.25, 0.3) is 0 Å². The van der Waals surface area contributed by atoms with Crippen LogP contribution in [0.1, 0.15) is 28.8 Å². The van der Waals surface area contributed by atoms with Gasteiger partial charge in [0, 0.05) is 12.0 Å². The fraction of sp³-hybridized carbons (Fsp3) is 0.273. The topological polar surface area (TPSA) is 54.4 Å². The second-order valence-electron chi connectivity index (χ2n) is 3.18. The molecule has 0 saturated carbocycles. The molecular formula is C11H12O3. The molecule has 3 heteroatoms. The van der Waals surface area contributed by atoms with Crippen LogP contribution in [0.25, 0.3) is 0 Å². The molecule has 0 atom stereocenters. The summed E-state index contributed by atoms with van der Waals surface area (Å²) < 4.78 is 0. The molecule has 14 heavy (non-hydrogen) atoms. The van der Waals surface area contributed by atoms with E-state index in [-0.39, 0.29) is 18.6 Å². The molecule has 0 saturated heterocycles. The predicted octanol–water partition coefficient (Wildman–Crippen LogP) is 2.04. The van der Waals surface area contributed by atoms with E-state index in [0.29, 0.717) is 5.56 Å². The molecule has 1 aromatic rings. The summed E-state index contributed by atoms with van der Waals surface area (Å²) in [6.45, 7) is 1.94. The van der Waals surface area contributed by atoms with Gasteiger partial charge in [-0.3, -0.25) is 9.59 Å². The van der Waals surface area contributed by atoms with Crippen molar-refractivity contribution in [1.82, 2.24) is 0 Å². The molecule has 0 aromatic heterocycles. The first-order valence-corrected chi connectivity index (χ1v) is 4.41. The number of carboxylic acid groups (broad SMARTS) is 1. The number of rotatable bonds is 4. The van der Waals surface area contributed by atoms with E-state index in [4.69, 9.17) is 5.11 Å². The van der Waals surface area contributed by atoms with E-state index >= 15 is 0 Å². The molecule has 0 amide bonds. The first kappa shape index (κ1) is 10.4. The summed E-state index contributed by atoms with van der Waals surface area (Å²) in [6, 6.07) is 7.13. The van der Waals surface area contributed by atoms with Crippen LogP contribution in [0.15, 0.2) is 24.3 Å². The summed E-state index contributed by atoms with van der Waals surface area (Å²) in [7, 11) is 0. The lowest BCUT2D eigenvalue weighted by Gasteiger charge is -1.99. The number of hydrogen-bond acceptors (Lipinski definition) is 2. The van der Waals surface area contributed by atoms with Crippen LogP contribution in [-0.4, -0.2) is 16.9 Å². The van der Waals surface area contributed by atoms with Gasteiger partial charge in [-0.1, -0.05) is 29.8 Å². The first-order valence-electron chi connectivity index (χ1n) is 4.41. The normalized spacial score (nSPS) is 9.79. The van der Waals surface area contributed by atoms with Crippen LogP contribution in [0.3, 0.4) is 0 Å². The molecule has 0 aliphatic rings. The maximum Gasteiger partial charge on any atom is 0.303 e. The van der Waals surface area contributed by atoms with Crippen LogP contribution in [0.2, 0.25) is 0 Å². The maximum atomic E-state index is 11.4. The zero-order chi connectivity index (χ0) is 10.6. The second-order valence-corrected chi connectivity index (χ2v) is 3.18. The molecule has 0 radical (unpaired) electrons. The van der Waals surface area contributed by atoms with Crippen LogP contribution < -0.4 is 0 Å². The summed E-state index contributed by atoms with van der Waals surface area (Å²) in [5.41, 5.74) is 1.66. The van der Waals surface area contributed by atoms with Crippen molar-refractivity contribution in [2.45, 2.75) is 19.8 Å². The third-order valence-corrected chi connectivity index (χ3v) is 1.94. The molecule has 0 aliphatic heterocycles. The van der Waals surface area contributed by atoms with E-state index in [2.05, 4.69) is 0 Å². The van der Waals surface area contributed by atoms with Crippen molar-refractivity contribution < 1.29 is 14.7 Å². The Bertz CT molecular complexity index is 338. The van der Waals surface area contributed by atoms with Gasteiger partial charge in [-0.15, -0.1) is 0 Å². The van der Waals surface area contributed by atoms with Gasteiger partial charge in [0.2, 0.25) is 0 Å². The van der Waals surface area contributed by atoms with Crippen LogP contribution in [0.4, 0.5) is 0 Å². The number of carbonyl (C=O) groups is 2. The van der Waals surface area contributed by atoms with Gasteiger partial charge in [-0.2, -0.15) is 0 Å². The van der Waals surface area contributed by atoms with E-state index in [0.717, 1.165) is 5.56 Å². The van der Waals surface area contributed by atoms with Gasteiger partial charge in [0.05, 0.1) is 6.42 Å². The minimum atomic E-state index is -0.939. The van der Waals surface area contributed by atoms with Crippen molar-refractivity contribution in [3.8, 4) is 0 Å². The SMILES string of the molecule is C[13c]1[13cH][13cH][13c](C(=O)CCC(=O)O)[13cH][13cH]1. The number of carbonyl (C=O) groups excluding carboxylic acids is 1. The summed E-state index contributed by atoms with van der Waals surface area (Å²) in [5, 5.41) is 8.40. The lowest BCUT2D eigenvalue weighted by molar-refractivity contribution is -0.136. The highest BCUT2D eigenvalue weighted by Crippen LogP contribution is 2.07. The Balaban J connectivity index is 2.61. The van der Waals surface area contributed by atoms with Gasteiger partial charge in [-0.25, -0.2) is 0 Å². The van der Waals surface area contributed by atoms with Crippen molar-refractivity contribution in [2.75, 3.05) is 0 Å². The minimum Gasteiger partial charge on any atom is -0.481 e. The third-order valence-electron chi connectivity index (χ3n) is 1.94. The Morgan fingerprint density at radius 2 is 1.71 bits per heavy atom. The Labute approximate surface area is 82.4 Å². The van der Waals surface area contributed by atoms with Crippen LogP contribution in [0.5, 0.6) is 0 Å². The van der Waals surface area contributed by atoms with Crippen molar-refractivity contribution in [2.24, 2.45) is 0 Å². The number of aryl methyl sites for hydroxylation is 1. The molecule has 0 spiro atoms. The van der Waals surface area contributed by atoms with E-state index in [9.17, 15) is 9.59 Å². The largest absolute Gasteiger partial charge is 0.481 e. The summed E-state index contributed by atoms with van der Waals surface area (Å²) in [6.07, 6.45) is -0.0366. The molecule has 0 unspecified atom stereocenters. The number of ketones is 1. The van der Waals surface area contributed by atoms with Gasteiger partial charge in [-0.05, 0) is 6.92 Å². The van der Waals surface area contributed by atoms with Crippen molar-refractivity contribution in [3.63, 3.8) is 0 Å². The number of Topliss-reactive ketones (excluding diaryl/α,β-unsaturated/α-hetero) is 1. The summed E-state index contributed by atoms with van der Waals surface area (Å²) >= 11 is 0. The summed E-state index contributed by atoms with van der Waals surface area (Å²) in [5.74, 6) is -1.06. The Hall–Kier alpha value is -1.64. The smallest absolute Gasteiger partial charge is 0.303 e. The monoisotopic (exact) mass is 198 g/mol. The highest BCUT2D eigenvalue weighted by atomic mass is 16.4. The lowest BCUT2D eigenvalue weighted by Crippen LogP contribution is -2.03. The minimum absolute atomic E-state index is 0.0679. The maximum absolute atomic E-state index is 11.4.